The van der Waals surface area contributed by atoms with Crippen molar-refractivity contribution in [3.8, 4) is 11.3 Å². The summed E-state index contributed by atoms with van der Waals surface area (Å²) < 4.78 is 3.53. The molecule has 0 atom stereocenters. The van der Waals surface area contributed by atoms with Gasteiger partial charge in [0.15, 0.2) is 0 Å². The minimum absolute atomic E-state index is 0.0280. The van der Waals surface area contributed by atoms with Gasteiger partial charge < -0.3 is 16.4 Å². The number of hydrogen-bond donors (Lipinski definition) is 2. The first-order valence-corrected chi connectivity index (χ1v) is 11.0. The van der Waals surface area contributed by atoms with Gasteiger partial charge >= 0.3 is 0 Å². The highest BCUT2D eigenvalue weighted by Crippen LogP contribution is 2.54. The Bertz CT molecular complexity index is 1220. The van der Waals surface area contributed by atoms with Gasteiger partial charge in [0.1, 0.15) is 17.1 Å². The molecular weight excluding hydrogens is 418 g/mol. The molecule has 170 valence electrons. The molecule has 2 fully saturated rings. The fourth-order valence-electron chi connectivity index (χ4n) is 5.21. The molecule has 1 aromatic carbocycles. The number of anilines is 1. The summed E-state index contributed by atoms with van der Waals surface area (Å²) in [5.41, 5.74) is 14.6. The van der Waals surface area contributed by atoms with Crippen LogP contribution in [0.4, 0.5) is 5.82 Å². The van der Waals surface area contributed by atoms with Crippen molar-refractivity contribution < 1.29 is 9.59 Å². The van der Waals surface area contributed by atoms with E-state index in [1.807, 2.05) is 41.4 Å². The Balaban J connectivity index is 1.37. The van der Waals surface area contributed by atoms with Crippen LogP contribution in [0.15, 0.2) is 55.4 Å². The summed E-state index contributed by atoms with van der Waals surface area (Å²) in [7, 11) is 0. The lowest BCUT2D eigenvalue weighted by molar-refractivity contribution is -0.125. The van der Waals surface area contributed by atoms with Crippen LogP contribution in [0.2, 0.25) is 0 Å². The Kier molecular flexibility index (Phi) is 5.03. The number of primary amides is 1. The minimum Gasteiger partial charge on any atom is -0.383 e. The number of nitrogens with two attached hydrogens (primary N) is 2. The van der Waals surface area contributed by atoms with E-state index in [0.717, 1.165) is 37.9 Å². The van der Waals surface area contributed by atoms with Crippen LogP contribution >= 0.6 is 0 Å². The van der Waals surface area contributed by atoms with Crippen molar-refractivity contribution in [2.75, 3.05) is 18.8 Å². The molecule has 3 heterocycles. The van der Waals surface area contributed by atoms with Crippen molar-refractivity contribution in [2.24, 2.45) is 11.1 Å². The van der Waals surface area contributed by atoms with Crippen molar-refractivity contribution in [2.45, 2.75) is 31.8 Å². The molecule has 33 heavy (non-hydrogen) atoms. The Labute approximate surface area is 191 Å². The number of aromatic nitrogens is 4. The summed E-state index contributed by atoms with van der Waals surface area (Å²) in [5.74, 6) is -0.354. The molecule has 4 N–H and O–H groups in total. The van der Waals surface area contributed by atoms with Gasteiger partial charge in [-0.1, -0.05) is 36.9 Å². The Hall–Kier alpha value is -3.88. The first-order valence-electron chi connectivity index (χ1n) is 11.0. The number of likely N-dealkylation sites (tertiary alicyclic amines) is 1. The fourth-order valence-corrected chi connectivity index (χ4v) is 5.21. The summed E-state index contributed by atoms with van der Waals surface area (Å²) in [6, 6.07) is 10.1. The Morgan fingerprint density at radius 1 is 1.24 bits per heavy atom. The highest BCUT2D eigenvalue weighted by atomic mass is 16.2. The van der Waals surface area contributed by atoms with Crippen LogP contribution in [0.3, 0.4) is 0 Å². The summed E-state index contributed by atoms with van der Waals surface area (Å²) >= 11 is 0. The van der Waals surface area contributed by atoms with Gasteiger partial charge in [-0.2, -0.15) is 10.2 Å². The number of carbonyl (C=O) groups excluding carboxylic acids is 2. The molecule has 0 unspecified atom stereocenters. The lowest BCUT2D eigenvalue weighted by atomic mass is 9.65. The van der Waals surface area contributed by atoms with Gasteiger partial charge in [-0.15, -0.1) is 0 Å². The second kappa shape index (κ2) is 7.91. The molecule has 1 aliphatic heterocycles. The topological polar surface area (TPSA) is 125 Å². The summed E-state index contributed by atoms with van der Waals surface area (Å²) in [4.78, 5) is 26.1. The number of nitrogen functional groups attached to an aromatic ring is 1. The van der Waals surface area contributed by atoms with Crippen LogP contribution in [0.25, 0.3) is 11.3 Å². The SMILES string of the molecule is C=CC(=O)N1CCC2(CC(n3nc(-c4cnn(Cc5ccccc5)c4)c(C(N)=O)c3N)C2)C1. The number of benzene rings is 1. The van der Waals surface area contributed by atoms with Crippen LogP contribution in [-0.2, 0) is 11.3 Å². The second-order valence-electron chi connectivity index (χ2n) is 9.11. The van der Waals surface area contributed by atoms with Crippen molar-refractivity contribution >= 4 is 17.6 Å². The molecule has 9 heteroatoms. The molecule has 2 aliphatic rings. The molecule has 1 saturated carbocycles. The zero-order chi connectivity index (χ0) is 23.2. The molecular formula is C24H27N7O2. The molecule has 0 bridgehead atoms. The maximum absolute atomic E-state index is 12.3. The molecule has 2 amide bonds. The maximum Gasteiger partial charge on any atom is 0.254 e. The molecule has 1 aliphatic carbocycles. The molecule has 2 aromatic heterocycles. The van der Waals surface area contributed by atoms with Crippen LogP contribution in [-0.4, -0.2) is 49.4 Å². The summed E-state index contributed by atoms with van der Waals surface area (Å²) in [6.07, 6.45) is 7.55. The van der Waals surface area contributed by atoms with Gasteiger partial charge in [0.05, 0.1) is 18.8 Å². The first kappa shape index (κ1) is 21.0. The molecule has 5 rings (SSSR count). The Morgan fingerprint density at radius 2 is 2.00 bits per heavy atom. The highest BCUT2D eigenvalue weighted by Gasteiger charge is 2.50. The van der Waals surface area contributed by atoms with Crippen molar-refractivity contribution in [1.29, 1.82) is 0 Å². The van der Waals surface area contributed by atoms with E-state index in [4.69, 9.17) is 16.6 Å². The van der Waals surface area contributed by atoms with Crippen molar-refractivity contribution in [1.82, 2.24) is 24.5 Å². The fraction of sp³-hybridized carbons (Fsp3) is 0.333. The number of amides is 2. The van der Waals surface area contributed by atoms with E-state index in [9.17, 15) is 9.59 Å². The monoisotopic (exact) mass is 445 g/mol. The van der Waals surface area contributed by atoms with Gasteiger partial charge in [0, 0.05) is 24.8 Å². The van der Waals surface area contributed by atoms with E-state index in [1.54, 1.807) is 15.6 Å². The third kappa shape index (κ3) is 3.69. The van der Waals surface area contributed by atoms with E-state index in [2.05, 4.69) is 11.7 Å². The maximum atomic E-state index is 12.3. The zero-order valence-electron chi connectivity index (χ0n) is 18.4. The van der Waals surface area contributed by atoms with Crippen LogP contribution in [0, 0.1) is 5.41 Å². The third-order valence-corrected chi connectivity index (χ3v) is 6.90. The first-order chi connectivity index (χ1) is 15.9. The van der Waals surface area contributed by atoms with Crippen molar-refractivity contribution in [3.63, 3.8) is 0 Å². The van der Waals surface area contributed by atoms with Crippen molar-refractivity contribution in [3.05, 3.63) is 66.5 Å². The van der Waals surface area contributed by atoms with Gasteiger partial charge in [-0.25, -0.2) is 4.68 Å². The number of rotatable bonds is 6. The number of hydrogen-bond acceptors (Lipinski definition) is 5. The average Bonchev–Trinajstić information content (AvgIpc) is 3.50. The zero-order valence-corrected chi connectivity index (χ0v) is 18.4. The van der Waals surface area contributed by atoms with E-state index in [1.165, 1.54) is 6.08 Å². The van der Waals surface area contributed by atoms with Gasteiger partial charge in [0.25, 0.3) is 5.91 Å². The predicted octanol–water partition coefficient (Wildman–Crippen LogP) is 2.22. The number of nitrogens with zero attached hydrogens (tertiary/aromatic N) is 5. The smallest absolute Gasteiger partial charge is 0.254 e. The van der Waals surface area contributed by atoms with Crippen LogP contribution in [0.1, 0.15) is 41.2 Å². The van der Waals surface area contributed by atoms with E-state index in [0.29, 0.717) is 17.8 Å². The quantitative estimate of drug-likeness (QED) is 0.563. The predicted molar refractivity (Wildman–Crippen MR) is 124 cm³/mol. The third-order valence-electron chi connectivity index (χ3n) is 6.90. The molecule has 1 saturated heterocycles. The second-order valence-corrected chi connectivity index (χ2v) is 9.11. The minimum atomic E-state index is -0.609. The molecule has 3 aromatic rings. The van der Waals surface area contributed by atoms with Gasteiger partial charge in [0.2, 0.25) is 5.91 Å². The summed E-state index contributed by atoms with van der Waals surface area (Å²) in [6.45, 7) is 5.65. The molecule has 9 nitrogen and oxygen atoms in total. The van der Waals surface area contributed by atoms with Crippen LogP contribution in [0.5, 0.6) is 0 Å². The highest BCUT2D eigenvalue weighted by molar-refractivity contribution is 6.03. The average molecular weight is 446 g/mol. The van der Waals surface area contributed by atoms with Gasteiger partial charge in [-0.05, 0) is 36.3 Å². The lowest BCUT2D eigenvalue weighted by Crippen LogP contribution is -2.42. The van der Waals surface area contributed by atoms with E-state index < -0.39 is 5.91 Å². The van der Waals surface area contributed by atoms with Crippen LogP contribution < -0.4 is 11.5 Å². The van der Waals surface area contributed by atoms with E-state index >= 15 is 0 Å². The standard InChI is InChI=1S/C24H27N7O2/c1-2-19(32)29-9-8-24(15-29)10-18(11-24)31-22(25)20(23(26)33)21(28-31)17-12-27-30(14-17)13-16-6-4-3-5-7-16/h2-7,12,14,18H,1,8-11,13,15,25H2,(H2,26,33). The molecule has 0 radical (unpaired) electrons. The largest absolute Gasteiger partial charge is 0.383 e. The number of carbonyl (C=O) groups is 2. The van der Waals surface area contributed by atoms with E-state index in [-0.39, 0.29) is 28.7 Å². The molecule has 1 spiro atoms. The lowest BCUT2D eigenvalue weighted by Gasteiger charge is -2.45. The van der Waals surface area contributed by atoms with Gasteiger partial charge in [-0.3, -0.25) is 14.3 Å². The summed E-state index contributed by atoms with van der Waals surface area (Å²) in [5, 5.41) is 9.14. The Morgan fingerprint density at radius 3 is 2.70 bits per heavy atom. The normalized spacial score (nSPS) is 21.8.